The molecule has 7 rings (SSSR count). The Balaban J connectivity index is 1.36. The number of esters is 1. The molecule has 0 radical (unpaired) electrons. The Bertz CT molecular complexity index is 931. The van der Waals surface area contributed by atoms with E-state index in [9.17, 15) is 9.59 Å². The van der Waals surface area contributed by atoms with Gasteiger partial charge in [0.15, 0.2) is 5.78 Å². The van der Waals surface area contributed by atoms with E-state index in [-0.39, 0.29) is 39.9 Å². The van der Waals surface area contributed by atoms with Gasteiger partial charge in [-0.25, -0.2) is 5.48 Å². The molecule has 2 spiro atoms. The van der Waals surface area contributed by atoms with Crippen LogP contribution in [-0.2, 0) is 23.9 Å². The molecule has 0 bridgehead atoms. The van der Waals surface area contributed by atoms with Crippen LogP contribution in [0.5, 0.6) is 0 Å². The van der Waals surface area contributed by atoms with Gasteiger partial charge in [-0.05, 0) is 61.9 Å². The summed E-state index contributed by atoms with van der Waals surface area (Å²) in [5.74, 6) is 2.67. The molecule has 1 N–H and O–H groups in total. The molecule has 0 aromatic rings. The Kier molecular flexibility index (Phi) is 3.49. The predicted molar refractivity (Wildman–Crippen MR) is 111 cm³/mol. The van der Waals surface area contributed by atoms with E-state index < -0.39 is 0 Å². The van der Waals surface area contributed by atoms with E-state index in [2.05, 4.69) is 19.3 Å². The first-order valence-corrected chi connectivity index (χ1v) is 12.2. The average Bonchev–Trinajstić information content (AvgIpc) is 3.61. The zero-order valence-corrected chi connectivity index (χ0v) is 18.7. The van der Waals surface area contributed by atoms with Crippen LogP contribution in [0.3, 0.4) is 0 Å². The molecule has 2 unspecified atom stereocenters. The summed E-state index contributed by atoms with van der Waals surface area (Å²) >= 11 is 0. The van der Waals surface area contributed by atoms with E-state index in [1.54, 1.807) is 7.11 Å². The summed E-state index contributed by atoms with van der Waals surface area (Å²) in [6.07, 6.45) is 8.20. The smallest absolute Gasteiger partial charge is 0.306 e. The highest BCUT2D eigenvalue weighted by Crippen LogP contribution is 2.84. The summed E-state index contributed by atoms with van der Waals surface area (Å²) in [6, 6.07) is 0. The number of rotatable bonds is 3. The van der Waals surface area contributed by atoms with Crippen molar-refractivity contribution in [3.05, 3.63) is 11.6 Å². The molecule has 2 aliphatic heterocycles. The van der Waals surface area contributed by atoms with Crippen LogP contribution >= 0.6 is 0 Å². The number of hydroxylamine groups is 1. The predicted octanol–water partition coefficient (Wildman–Crippen LogP) is 2.96. The lowest BCUT2D eigenvalue weighted by atomic mass is 9.43. The first-order chi connectivity index (χ1) is 14.8. The quantitative estimate of drug-likeness (QED) is 0.424. The zero-order chi connectivity index (χ0) is 21.4. The summed E-state index contributed by atoms with van der Waals surface area (Å²) in [7, 11) is 1.67. The Hall–Kier alpha value is -1.24. The molecule has 10 atom stereocenters. The number of ether oxygens (including phenoxy) is 2. The summed E-state index contributed by atoms with van der Waals surface area (Å²) in [6.45, 7) is 5.54. The van der Waals surface area contributed by atoms with Crippen LogP contribution < -0.4 is 5.48 Å². The second-order valence-corrected chi connectivity index (χ2v) is 11.9. The van der Waals surface area contributed by atoms with Crippen LogP contribution in [0.25, 0.3) is 0 Å². The lowest BCUT2D eigenvalue weighted by molar-refractivity contribution is -0.174. The fourth-order valence-corrected chi connectivity index (χ4v) is 9.88. The highest BCUT2D eigenvalue weighted by Gasteiger charge is 2.87. The third kappa shape index (κ3) is 1.99. The van der Waals surface area contributed by atoms with Crippen LogP contribution in [0.1, 0.15) is 58.8 Å². The molecule has 0 aromatic carbocycles. The maximum Gasteiger partial charge on any atom is 0.306 e. The summed E-state index contributed by atoms with van der Waals surface area (Å²) in [4.78, 5) is 29.9. The van der Waals surface area contributed by atoms with Gasteiger partial charge in [0, 0.05) is 36.1 Å². The van der Waals surface area contributed by atoms with Crippen molar-refractivity contribution < 1.29 is 23.9 Å². The van der Waals surface area contributed by atoms with Crippen molar-refractivity contribution in [2.75, 3.05) is 13.7 Å². The van der Waals surface area contributed by atoms with Crippen LogP contribution in [0.2, 0.25) is 0 Å². The Morgan fingerprint density at radius 3 is 2.77 bits per heavy atom. The van der Waals surface area contributed by atoms with E-state index in [1.165, 1.54) is 12.0 Å². The maximum atomic E-state index is 12.3. The van der Waals surface area contributed by atoms with Gasteiger partial charge in [-0.2, -0.15) is 0 Å². The monoisotopic (exact) mass is 427 g/mol. The van der Waals surface area contributed by atoms with E-state index in [0.29, 0.717) is 42.4 Å². The van der Waals surface area contributed by atoms with Gasteiger partial charge in [-0.3, -0.25) is 9.59 Å². The second kappa shape index (κ2) is 5.63. The first-order valence-electron chi connectivity index (χ1n) is 12.2. The van der Waals surface area contributed by atoms with E-state index in [1.807, 2.05) is 6.08 Å². The molecule has 6 nitrogen and oxygen atoms in total. The largest absolute Gasteiger partial charge is 0.458 e. The van der Waals surface area contributed by atoms with Gasteiger partial charge in [0.05, 0.1) is 13.2 Å². The van der Waals surface area contributed by atoms with Crippen molar-refractivity contribution in [1.82, 2.24) is 5.48 Å². The number of ketones is 1. The van der Waals surface area contributed by atoms with Gasteiger partial charge in [0.2, 0.25) is 0 Å². The number of hydrogen-bond donors (Lipinski definition) is 1. The second-order valence-electron chi connectivity index (χ2n) is 11.9. The van der Waals surface area contributed by atoms with Crippen molar-refractivity contribution in [1.29, 1.82) is 0 Å². The Morgan fingerprint density at radius 2 is 2.03 bits per heavy atom. The van der Waals surface area contributed by atoms with E-state index in [4.69, 9.17) is 14.3 Å². The summed E-state index contributed by atoms with van der Waals surface area (Å²) in [5, 5.41) is 0. The zero-order valence-electron chi connectivity index (χ0n) is 18.7. The molecule has 2 heterocycles. The van der Waals surface area contributed by atoms with Crippen LogP contribution in [0.15, 0.2) is 11.6 Å². The van der Waals surface area contributed by atoms with Crippen LogP contribution in [0.4, 0.5) is 0 Å². The van der Waals surface area contributed by atoms with Gasteiger partial charge >= 0.3 is 5.97 Å². The van der Waals surface area contributed by atoms with Crippen molar-refractivity contribution in [3.8, 4) is 0 Å². The average molecular weight is 428 g/mol. The molecule has 168 valence electrons. The van der Waals surface area contributed by atoms with Gasteiger partial charge in [0.1, 0.15) is 11.2 Å². The molecular weight excluding hydrogens is 394 g/mol. The van der Waals surface area contributed by atoms with E-state index >= 15 is 0 Å². The highest BCUT2D eigenvalue weighted by molar-refractivity contribution is 5.92. The molecule has 0 aromatic heterocycles. The number of epoxide rings is 1. The Labute approximate surface area is 183 Å². The molecule has 31 heavy (non-hydrogen) atoms. The molecule has 2 saturated heterocycles. The van der Waals surface area contributed by atoms with Crippen molar-refractivity contribution in [2.24, 2.45) is 40.4 Å². The summed E-state index contributed by atoms with van der Waals surface area (Å²) < 4.78 is 13.1. The SMILES string of the molecule is CONC[C@@H]1CC2=CC(=O)CC[C@]2(C)[C@@]23O[C@@H]2C[C@@]2(C)C(C13)[C@@H]1C[C@@H]1[C@@]21CCC(=O)O1. The molecule has 5 aliphatic carbocycles. The van der Waals surface area contributed by atoms with Gasteiger partial charge < -0.3 is 14.3 Å². The van der Waals surface area contributed by atoms with Crippen LogP contribution in [-0.4, -0.2) is 42.7 Å². The lowest BCUT2D eigenvalue weighted by Gasteiger charge is -2.60. The fraction of sp³-hybridized carbons (Fsp3) is 0.840. The minimum Gasteiger partial charge on any atom is -0.458 e. The first kappa shape index (κ1) is 19.2. The minimum absolute atomic E-state index is 0.00899. The molecule has 7 aliphatic rings. The third-order valence-electron chi connectivity index (χ3n) is 11.1. The van der Waals surface area contributed by atoms with Gasteiger partial charge in [0.25, 0.3) is 0 Å². The van der Waals surface area contributed by atoms with Gasteiger partial charge in [-0.1, -0.05) is 19.4 Å². The number of carbonyl (C=O) groups excluding carboxylic acids is 2. The third-order valence-corrected chi connectivity index (χ3v) is 11.1. The van der Waals surface area contributed by atoms with Gasteiger partial charge in [-0.15, -0.1) is 0 Å². The van der Waals surface area contributed by atoms with Crippen molar-refractivity contribution in [2.45, 2.75) is 76.1 Å². The molecule has 0 amide bonds. The van der Waals surface area contributed by atoms with Crippen molar-refractivity contribution >= 4 is 11.8 Å². The van der Waals surface area contributed by atoms with Crippen LogP contribution in [0, 0.1) is 40.4 Å². The number of nitrogens with one attached hydrogen (secondary N) is 1. The molecular formula is C25H33NO5. The Morgan fingerprint density at radius 1 is 1.19 bits per heavy atom. The normalized spacial score (nSPS) is 58.0. The van der Waals surface area contributed by atoms with E-state index in [0.717, 1.165) is 32.2 Å². The number of hydrogen-bond acceptors (Lipinski definition) is 6. The lowest BCUT2D eigenvalue weighted by Crippen LogP contribution is -2.64. The maximum absolute atomic E-state index is 12.3. The standard InChI is InChI=1S/C25H33NO5/c1-22-6-4-15(27)9-14(22)8-13(12-26-29-3)20-21-16-10-17(16)24(7-5-19(28)31-24)23(21,2)11-18-25(20,22)30-18/h9,13,16-18,20-21,26H,4-8,10-12H2,1-3H3/t13-,16+,17-,18+,20?,21?,22-,23-,24-,25+/m0/s1. The molecule has 4 saturated carbocycles. The van der Waals surface area contributed by atoms with Crippen molar-refractivity contribution in [3.63, 3.8) is 0 Å². The summed E-state index contributed by atoms with van der Waals surface area (Å²) in [5.41, 5.74) is 3.90. The highest BCUT2D eigenvalue weighted by atomic mass is 16.6. The molecule has 6 heteroatoms. The topological polar surface area (TPSA) is 77.2 Å². The number of fused-ring (bicyclic) bond motifs is 7. The fourth-order valence-electron chi connectivity index (χ4n) is 9.88. The molecule has 6 fully saturated rings. The number of carbonyl (C=O) groups is 2. The minimum atomic E-state index is -0.281.